The summed E-state index contributed by atoms with van der Waals surface area (Å²) in [5, 5.41) is 0. The number of ether oxygens (including phenoxy) is 4. The van der Waals surface area contributed by atoms with E-state index in [2.05, 4.69) is 38.9 Å². The second kappa shape index (κ2) is 16.2. The van der Waals surface area contributed by atoms with Gasteiger partial charge in [-0.15, -0.1) is 12.1 Å². The summed E-state index contributed by atoms with van der Waals surface area (Å²) in [7, 11) is 0. The second-order valence-corrected chi connectivity index (χ2v) is 11.7. The summed E-state index contributed by atoms with van der Waals surface area (Å²) in [6, 6.07) is 9.58. The van der Waals surface area contributed by atoms with Gasteiger partial charge in [0.15, 0.2) is 0 Å². The van der Waals surface area contributed by atoms with Crippen LogP contribution in [0.4, 0.5) is 87.8 Å². The molecule has 8 nitrogen and oxygen atoms in total. The molecule has 4 rings (SSSR count). The van der Waals surface area contributed by atoms with Crippen molar-refractivity contribution in [2.45, 2.75) is 68.4 Å². The van der Waals surface area contributed by atoms with Crippen molar-refractivity contribution in [3.05, 3.63) is 72.1 Å². The summed E-state index contributed by atoms with van der Waals surface area (Å²) in [6.45, 7) is 2.43. The number of pyridine rings is 4. The third-order valence-electron chi connectivity index (χ3n) is 7.06. The van der Waals surface area contributed by atoms with Crippen molar-refractivity contribution in [2.75, 3.05) is 0 Å². The van der Waals surface area contributed by atoms with E-state index >= 15 is 0 Å². The van der Waals surface area contributed by atoms with Gasteiger partial charge in [0, 0.05) is 16.8 Å². The van der Waals surface area contributed by atoms with Crippen LogP contribution in [0.3, 0.4) is 0 Å². The Balaban J connectivity index is 0.00000961. The van der Waals surface area contributed by atoms with Crippen molar-refractivity contribution in [3.8, 4) is 46.0 Å². The van der Waals surface area contributed by atoms with Crippen molar-refractivity contribution in [1.29, 1.82) is 0 Å². The quantitative estimate of drug-likeness (QED) is 0.102. The van der Waals surface area contributed by atoms with Crippen LogP contribution in [0.25, 0.3) is 22.5 Å². The van der Waals surface area contributed by atoms with Crippen LogP contribution in [0.2, 0.25) is 0 Å². The minimum atomic E-state index is -6.53. The van der Waals surface area contributed by atoms with Gasteiger partial charge in [-0.2, -0.15) is 87.8 Å². The maximum Gasteiger partial charge on any atom is 2.00 e. The fraction of sp³-hybridized carbons (Fsp3) is 0.355. The van der Waals surface area contributed by atoms with E-state index < -0.39 is 101 Å². The molecule has 0 N–H and O–H groups in total. The van der Waals surface area contributed by atoms with Gasteiger partial charge >= 0.3 is 70.2 Å². The molecule has 332 valence electrons. The zero-order chi connectivity index (χ0) is 45.0. The number of hydrogen-bond donors (Lipinski definition) is 0. The van der Waals surface area contributed by atoms with Crippen molar-refractivity contribution < 1.29 is 128 Å². The molecule has 0 aliphatic heterocycles. The Morgan fingerprint density at radius 2 is 0.700 bits per heavy atom. The van der Waals surface area contributed by atoms with E-state index in [1.165, 1.54) is 13.8 Å². The molecule has 0 unspecified atom stereocenters. The van der Waals surface area contributed by atoms with Gasteiger partial charge in [0.05, 0.1) is 0 Å². The average Bonchev–Trinajstić information content (AvgIpc) is 3.06. The van der Waals surface area contributed by atoms with Gasteiger partial charge in [0.2, 0.25) is 0 Å². The third-order valence-corrected chi connectivity index (χ3v) is 7.06. The monoisotopic (exact) mass is 1080 g/mol. The smallest absolute Gasteiger partial charge is 0.457 e. The first-order valence-electron chi connectivity index (χ1n) is 14.8. The van der Waals surface area contributed by atoms with Gasteiger partial charge in [0.1, 0.15) is 23.5 Å². The molecule has 60 heavy (non-hydrogen) atoms. The first-order valence-corrected chi connectivity index (χ1v) is 14.8. The molecule has 0 bridgehead atoms. The zero-order valence-electron chi connectivity index (χ0n) is 28.4. The molecule has 0 radical (unpaired) electrons. The Hall–Kier alpha value is -4.91. The van der Waals surface area contributed by atoms with Gasteiger partial charge in [0.25, 0.3) is 0 Å². The van der Waals surface area contributed by atoms with Crippen molar-refractivity contribution in [2.24, 2.45) is 0 Å². The zero-order valence-corrected chi connectivity index (χ0v) is 30.7. The molecule has 4 heterocycles. The molecule has 0 atom stereocenters. The average molecular weight is 1080 g/mol. The van der Waals surface area contributed by atoms with E-state index in [0.717, 1.165) is 36.4 Å². The molecule has 0 aromatic carbocycles. The van der Waals surface area contributed by atoms with Gasteiger partial charge < -0.3 is 28.9 Å². The summed E-state index contributed by atoms with van der Waals surface area (Å²) >= 11 is 0. The summed E-state index contributed by atoms with van der Waals surface area (Å²) in [6.07, 6.45) is -50.5. The molecule has 0 saturated carbocycles. The predicted molar refractivity (Wildman–Crippen MR) is 151 cm³/mol. The maximum absolute atomic E-state index is 14.0. The number of nitrogens with zero attached hydrogens (tertiary/aromatic N) is 4. The topological polar surface area (TPSA) is 88.5 Å². The normalized spacial score (nSPS) is 13.7. The number of hydrogen-bond acceptors (Lipinski definition) is 8. The van der Waals surface area contributed by atoms with Crippen LogP contribution in [-0.4, -0.2) is 69.1 Å². The summed E-state index contributed by atoms with van der Waals surface area (Å²) in [4.78, 5) is 13.6. The van der Waals surface area contributed by atoms with Crippen LogP contribution in [0.5, 0.6) is 23.5 Å². The molecular formula is C31H14F20N4O4Pt. The summed E-state index contributed by atoms with van der Waals surface area (Å²) < 4.78 is 278. The van der Waals surface area contributed by atoms with Crippen molar-refractivity contribution >= 4 is 0 Å². The first kappa shape index (κ1) is 49.5. The standard InChI is InChI=1S/C31H14F20N4O4.Pt/c1-23(2,17-7-3-5-15(52-17)13-9-11-19(56-28(44,45)24(32,33)34)54-21(13)58-30(48,49)26(38,39)40)18-8-4-6-16(53-18)14-10-12-20(57-29(46,47)25(35,36)37)55-22(14)59-31(50,51)27(41,42)43;/h3-8,11-12H,1-2H3;/q-2;+2. The molecular weight excluding hydrogens is 1070 g/mol. The molecule has 0 spiro atoms. The van der Waals surface area contributed by atoms with E-state index in [-0.39, 0.29) is 44.6 Å². The molecule has 0 amide bonds. The fourth-order valence-electron chi connectivity index (χ4n) is 4.10. The molecule has 4 aromatic heterocycles. The molecule has 0 saturated heterocycles. The maximum atomic E-state index is 14.0. The largest absolute Gasteiger partial charge is 2.00 e. The van der Waals surface area contributed by atoms with Gasteiger partial charge in [-0.05, 0) is 37.4 Å². The number of rotatable bonds is 12. The van der Waals surface area contributed by atoms with E-state index in [0.29, 0.717) is 0 Å². The Kier molecular flexibility index (Phi) is 13.3. The number of halogens is 20. The Labute approximate surface area is 334 Å². The van der Waals surface area contributed by atoms with E-state index in [4.69, 9.17) is 0 Å². The molecule has 0 aliphatic carbocycles. The van der Waals surface area contributed by atoms with Gasteiger partial charge in [-0.25, -0.2) is 0 Å². The van der Waals surface area contributed by atoms with Crippen LogP contribution in [0, 0.1) is 12.1 Å². The number of alkyl halides is 20. The van der Waals surface area contributed by atoms with Crippen LogP contribution < -0.4 is 18.9 Å². The Bertz CT molecular complexity index is 2010. The van der Waals surface area contributed by atoms with E-state index in [1.54, 1.807) is 12.1 Å². The summed E-state index contributed by atoms with van der Waals surface area (Å²) in [5.74, 6) is -7.84. The second-order valence-electron chi connectivity index (χ2n) is 11.7. The Morgan fingerprint density at radius 3 is 0.983 bits per heavy atom. The van der Waals surface area contributed by atoms with Crippen LogP contribution in [0.15, 0.2) is 48.5 Å². The fourth-order valence-corrected chi connectivity index (χ4v) is 4.10. The third kappa shape index (κ3) is 10.5. The summed E-state index contributed by atoms with van der Waals surface area (Å²) in [5.41, 5.74) is -6.14. The van der Waals surface area contributed by atoms with Gasteiger partial charge in [-0.3, -0.25) is 9.97 Å². The molecule has 4 aromatic rings. The predicted octanol–water partition coefficient (Wildman–Crippen LogP) is 10.7. The van der Waals surface area contributed by atoms with E-state index in [9.17, 15) is 87.8 Å². The molecule has 0 fully saturated rings. The minimum absolute atomic E-state index is 0. The van der Waals surface area contributed by atoms with E-state index in [1.807, 2.05) is 0 Å². The SMILES string of the molecule is CC(C)(c1cccc(-c2[c-]cc(OC(F)(F)C(F)(F)F)nc2OC(F)(F)C(F)(F)F)n1)c1cccc(-c2[c-]cc(OC(F)(F)C(F)(F)F)nc2OC(F)(F)C(F)(F)F)n1.[Pt+2]. The minimum Gasteiger partial charge on any atom is -0.457 e. The van der Waals surface area contributed by atoms with Crippen molar-refractivity contribution in [3.63, 3.8) is 0 Å². The van der Waals surface area contributed by atoms with Crippen LogP contribution >= 0.6 is 0 Å². The van der Waals surface area contributed by atoms with Crippen LogP contribution in [-0.2, 0) is 26.5 Å². The Morgan fingerprint density at radius 1 is 0.417 bits per heavy atom. The molecule has 29 heteroatoms. The van der Waals surface area contributed by atoms with Gasteiger partial charge in [-0.1, -0.05) is 47.5 Å². The molecule has 0 aliphatic rings. The van der Waals surface area contributed by atoms with Crippen LogP contribution in [0.1, 0.15) is 25.2 Å². The first-order chi connectivity index (χ1) is 26.5. The van der Waals surface area contributed by atoms with Crippen molar-refractivity contribution in [1.82, 2.24) is 19.9 Å². The number of aromatic nitrogens is 4.